The molecule has 0 aliphatic heterocycles. The van der Waals surface area contributed by atoms with Crippen molar-refractivity contribution in [1.29, 1.82) is 0 Å². The Labute approximate surface area is 102 Å². The number of carboxylic acids is 1. The molecule has 1 aromatic heterocycles. The first-order chi connectivity index (χ1) is 8.61. The summed E-state index contributed by atoms with van der Waals surface area (Å²) < 4.78 is 5.12. The van der Waals surface area contributed by atoms with Gasteiger partial charge in [-0.2, -0.15) is 0 Å². The lowest BCUT2D eigenvalue weighted by atomic mass is 10.1. The molecule has 0 saturated heterocycles. The van der Waals surface area contributed by atoms with Gasteiger partial charge in [-0.1, -0.05) is 18.2 Å². The molecule has 0 amide bonds. The maximum absolute atomic E-state index is 11.8. The molecular formula is C13H11NO4. The van der Waals surface area contributed by atoms with E-state index < -0.39 is 5.97 Å². The topological polar surface area (TPSA) is 93.5 Å². The first-order valence-corrected chi connectivity index (χ1v) is 5.29. The first-order valence-electron chi connectivity index (χ1n) is 5.29. The van der Waals surface area contributed by atoms with Crippen molar-refractivity contribution < 1.29 is 14.3 Å². The zero-order chi connectivity index (χ0) is 13.1. The maximum Gasteiger partial charge on any atom is 0.371 e. The number of hydrogen-bond acceptors (Lipinski definition) is 4. The Morgan fingerprint density at radius 2 is 2.17 bits per heavy atom. The molecule has 92 valence electrons. The summed E-state index contributed by atoms with van der Waals surface area (Å²) >= 11 is 0. The van der Waals surface area contributed by atoms with E-state index in [1.165, 1.54) is 0 Å². The quantitative estimate of drug-likeness (QED) is 0.853. The van der Waals surface area contributed by atoms with Gasteiger partial charge in [0.05, 0.1) is 5.39 Å². The van der Waals surface area contributed by atoms with Gasteiger partial charge in [0.15, 0.2) is 5.43 Å². The van der Waals surface area contributed by atoms with Crippen LogP contribution < -0.4 is 11.2 Å². The largest absolute Gasteiger partial charge is 0.475 e. The van der Waals surface area contributed by atoms with Gasteiger partial charge in [-0.15, -0.1) is 0 Å². The molecule has 2 aromatic rings. The summed E-state index contributed by atoms with van der Waals surface area (Å²) in [4.78, 5) is 22.5. The summed E-state index contributed by atoms with van der Waals surface area (Å²) in [6, 6.07) is 5.91. The summed E-state index contributed by atoms with van der Waals surface area (Å²) in [5, 5.41) is 9.13. The van der Waals surface area contributed by atoms with Crippen molar-refractivity contribution in [3.8, 4) is 0 Å². The molecule has 5 heteroatoms. The van der Waals surface area contributed by atoms with Gasteiger partial charge in [0, 0.05) is 12.6 Å². The minimum Gasteiger partial charge on any atom is -0.475 e. The molecule has 0 unspecified atom stereocenters. The van der Waals surface area contributed by atoms with Crippen LogP contribution >= 0.6 is 0 Å². The van der Waals surface area contributed by atoms with Crippen LogP contribution in [0.4, 0.5) is 0 Å². The van der Waals surface area contributed by atoms with Crippen molar-refractivity contribution >= 4 is 23.0 Å². The lowest BCUT2D eigenvalue weighted by Gasteiger charge is -2.00. The zero-order valence-corrected chi connectivity index (χ0v) is 9.42. The summed E-state index contributed by atoms with van der Waals surface area (Å²) in [5.41, 5.74) is 6.02. The molecule has 2 rings (SSSR count). The summed E-state index contributed by atoms with van der Waals surface area (Å²) in [6.07, 6.45) is 3.54. The van der Waals surface area contributed by atoms with E-state index in [-0.39, 0.29) is 16.8 Å². The van der Waals surface area contributed by atoms with Crippen LogP contribution in [0.1, 0.15) is 16.1 Å². The second-order valence-corrected chi connectivity index (χ2v) is 3.67. The Hall–Kier alpha value is -2.40. The number of aromatic carboxylic acids is 1. The van der Waals surface area contributed by atoms with Crippen molar-refractivity contribution in [2.24, 2.45) is 5.73 Å². The van der Waals surface area contributed by atoms with E-state index in [1.807, 2.05) is 0 Å². The molecule has 0 spiro atoms. The Balaban J connectivity index is 2.62. The van der Waals surface area contributed by atoms with Crippen LogP contribution in [0.25, 0.3) is 17.0 Å². The van der Waals surface area contributed by atoms with Crippen molar-refractivity contribution in [3.63, 3.8) is 0 Å². The van der Waals surface area contributed by atoms with Crippen LogP contribution in [0.5, 0.6) is 0 Å². The van der Waals surface area contributed by atoms with Crippen LogP contribution in [0.15, 0.2) is 39.6 Å². The van der Waals surface area contributed by atoms with Crippen LogP contribution in [0, 0.1) is 0 Å². The lowest BCUT2D eigenvalue weighted by Crippen LogP contribution is -2.06. The van der Waals surface area contributed by atoms with Gasteiger partial charge in [-0.05, 0) is 17.7 Å². The van der Waals surface area contributed by atoms with Crippen LogP contribution in [-0.2, 0) is 0 Å². The van der Waals surface area contributed by atoms with E-state index in [0.29, 0.717) is 11.9 Å². The third-order valence-electron chi connectivity index (χ3n) is 2.41. The summed E-state index contributed by atoms with van der Waals surface area (Å²) in [6.45, 7) is 0.407. The molecule has 5 nitrogen and oxygen atoms in total. The predicted octanol–water partition coefficient (Wildman–Crippen LogP) is 1.46. The molecule has 0 bridgehead atoms. The van der Waals surface area contributed by atoms with Gasteiger partial charge in [-0.3, -0.25) is 4.79 Å². The molecular weight excluding hydrogens is 234 g/mol. The van der Waals surface area contributed by atoms with E-state index in [0.717, 1.165) is 11.6 Å². The van der Waals surface area contributed by atoms with Gasteiger partial charge in [0.25, 0.3) is 0 Å². The fraction of sp³-hybridized carbons (Fsp3) is 0.0769. The summed E-state index contributed by atoms with van der Waals surface area (Å²) in [5.74, 6) is -1.63. The number of benzene rings is 1. The predicted molar refractivity (Wildman–Crippen MR) is 67.5 cm³/mol. The standard InChI is InChI=1S/C13H11NO4/c14-5-1-2-8-3-4-11-9(6-8)10(15)7-12(18-11)13(16)17/h1-4,6-7H,5,14H2,(H,16,17). The minimum absolute atomic E-state index is 0.254. The number of nitrogens with two attached hydrogens (primary N) is 1. The van der Waals surface area contributed by atoms with E-state index in [1.54, 1.807) is 30.4 Å². The molecule has 3 N–H and O–H groups in total. The van der Waals surface area contributed by atoms with Crippen LogP contribution in [0.3, 0.4) is 0 Å². The molecule has 0 atom stereocenters. The minimum atomic E-state index is -1.26. The number of rotatable bonds is 3. The number of carboxylic acid groups (broad SMARTS) is 1. The van der Waals surface area contributed by atoms with Crippen molar-refractivity contribution in [1.82, 2.24) is 0 Å². The van der Waals surface area contributed by atoms with Crippen molar-refractivity contribution in [3.05, 3.63) is 51.9 Å². The van der Waals surface area contributed by atoms with Crippen LogP contribution in [0.2, 0.25) is 0 Å². The number of fused-ring (bicyclic) bond motifs is 1. The van der Waals surface area contributed by atoms with Gasteiger partial charge < -0.3 is 15.3 Å². The average Bonchev–Trinajstić information content (AvgIpc) is 2.36. The highest BCUT2D eigenvalue weighted by atomic mass is 16.4. The molecule has 0 aliphatic carbocycles. The monoisotopic (exact) mass is 245 g/mol. The Morgan fingerprint density at radius 3 is 2.83 bits per heavy atom. The number of carbonyl (C=O) groups is 1. The van der Waals surface area contributed by atoms with Crippen LogP contribution in [-0.4, -0.2) is 17.6 Å². The summed E-state index contributed by atoms with van der Waals surface area (Å²) in [7, 11) is 0. The molecule has 0 saturated carbocycles. The molecule has 0 aliphatic rings. The van der Waals surface area contributed by atoms with E-state index in [9.17, 15) is 9.59 Å². The molecule has 1 heterocycles. The fourth-order valence-corrected chi connectivity index (χ4v) is 1.59. The second kappa shape index (κ2) is 4.85. The Kier molecular flexibility index (Phi) is 3.25. The molecule has 1 aromatic carbocycles. The third kappa shape index (κ3) is 2.31. The van der Waals surface area contributed by atoms with Crippen molar-refractivity contribution in [2.45, 2.75) is 0 Å². The first kappa shape index (κ1) is 12.1. The van der Waals surface area contributed by atoms with Gasteiger partial charge in [0.1, 0.15) is 5.58 Å². The second-order valence-electron chi connectivity index (χ2n) is 3.67. The molecule has 0 radical (unpaired) electrons. The fourth-order valence-electron chi connectivity index (χ4n) is 1.59. The van der Waals surface area contributed by atoms with Gasteiger partial charge in [-0.25, -0.2) is 4.79 Å². The maximum atomic E-state index is 11.8. The van der Waals surface area contributed by atoms with Crippen molar-refractivity contribution in [2.75, 3.05) is 6.54 Å². The number of hydrogen-bond donors (Lipinski definition) is 2. The van der Waals surface area contributed by atoms with E-state index in [4.69, 9.17) is 15.3 Å². The smallest absolute Gasteiger partial charge is 0.371 e. The SMILES string of the molecule is NCC=Cc1ccc2oc(C(=O)O)cc(=O)c2c1. The van der Waals surface area contributed by atoms with Gasteiger partial charge >= 0.3 is 5.97 Å². The highest BCUT2D eigenvalue weighted by molar-refractivity contribution is 5.88. The van der Waals surface area contributed by atoms with E-state index >= 15 is 0 Å². The lowest BCUT2D eigenvalue weighted by molar-refractivity contribution is 0.0663. The highest BCUT2D eigenvalue weighted by Gasteiger charge is 2.10. The van der Waals surface area contributed by atoms with Gasteiger partial charge in [0.2, 0.25) is 5.76 Å². The molecule has 0 fully saturated rings. The highest BCUT2D eigenvalue weighted by Crippen LogP contribution is 2.15. The molecule has 18 heavy (non-hydrogen) atoms. The normalized spacial score (nSPS) is 11.2. The zero-order valence-electron chi connectivity index (χ0n) is 9.42. The average molecular weight is 245 g/mol. The Morgan fingerprint density at radius 1 is 1.39 bits per heavy atom. The van der Waals surface area contributed by atoms with E-state index in [2.05, 4.69) is 0 Å². The Bertz CT molecular complexity index is 685. The third-order valence-corrected chi connectivity index (χ3v) is 2.41.